The normalized spacial score (nSPS) is 16.1. The highest BCUT2D eigenvalue weighted by atomic mass is 19.4. The zero-order chi connectivity index (χ0) is 16.3. The third-order valence-corrected chi connectivity index (χ3v) is 3.25. The van der Waals surface area contributed by atoms with Gasteiger partial charge in [0, 0.05) is 17.3 Å². The second kappa shape index (κ2) is 6.35. The lowest BCUT2D eigenvalue weighted by molar-refractivity contribution is -0.161. The molecule has 1 unspecified atom stereocenters. The van der Waals surface area contributed by atoms with E-state index >= 15 is 0 Å². The van der Waals surface area contributed by atoms with Gasteiger partial charge in [-0.2, -0.15) is 13.2 Å². The van der Waals surface area contributed by atoms with Gasteiger partial charge < -0.3 is 16.4 Å². The number of nitrogens with one attached hydrogen (secondary N) is 2. The predicted octanol–water partition coefficient (Wildman–Crippen LogP) is 1.80. The average Bonchev–Trinajstić information content (AvgIpc) is 3.21. The summed E-state index contributed by atoms with van der Waals surface area (Å²) < 4.78 is 38.6. The molecule has 0 saturated heterocycles. The van der Waals surface area contributed by atoms with E-state index in [-0.39, 0.29) is 11.6 Å². The average molecular weight is 315 g/mol. The second-order valence-corrected chi connectivity index (χ2v) is 5.23. The van der Waals surface area contributed by atoms with E-state index in [2.05, 4.69) is 10.6 Å². The smallest absolute Gasteiger partial charge is 0.366 e. The Morgan fingerprint density at radius 2 is 1.82 bits per heavy atom. The van der Waals surface area contributed by atoms with Crippen molar-refractivity contribution < 1.29 is 22.8 Å². The number of alkyl halides is 3. The van der Waals surface area contributed by atoms with Crippen molar-refractivity contribution in [1.29, 1.82) is 0 Å². The van der Waals surface area contributed by atoms with E-state index in [0.717, 1.165) is 0 Å². The van der Waals surface area contributed by atoms with Crippen molar-refractivity contribution in [1.82, 2.24) is 5.32 Å². The number of benzene rings is 1. The maximum absolute atomic E-state index is 12.9. The molecule has 1 aliphatic rings. The number of primary amides is 1. The molecule has 22 heavy (non-hydrogen) atoms. The van der Waals surface area contributed by atoms with Crippen LogP contribution < -0.4 is 16.4 Å². The Morgan fingerprint density at radius 1 is 1.23 bits per heavy atom. The number of nitrogens with two attached hydrogens (primary N) is 1. The van der Waals surface area contributed by atoms with Crippen molar-refractivity contribution in [2.24, 2.45) is 5.73 Å². The third-order valence-electron chi connectivity index (χ3n) is 3.25. The van der Waals surface area contributed by atoms with Crippen LogP contribution in [0.1, 0.15) is 29.6 Å². The Balaban J connectivity index is 1.93. The molecule has 1 aliphatic carbocycles. The van der Waals surface area contributed by atoms with Gasteiger partial charge in [0.1, 0.15) is 6.04 Å². The monoisotopic (exact) mass is 315 g/mol. The largest absolute Gasteiger partial charge is 0.404 e. The lowest BCUT2D eigenvalue weighted by atomic mass is 10.1. The molecule has 8 heteroatoms. The highest BCUT2D eigenvalue weighted by Crippen LogP contribution is 2.28. The fourth-order valence-electron chi connectivity index (χ4n) is 1.92. The van der Waals surface area contributed by atoms with E-state index in [4.69, 9.17) is 5.73 Å². The Kier molecular flexibility index (Phi) is 4.70. The molecule has 0 aromatic heterocycles. The molecule has 0 aliphatic heterocycles. The Hall–Kier alpha value is -2.09. The summed E-state index contributed by atoms with van der Waals surface area (Å²) in [6.07, 6.45) is -3.78. The summed E-state index contributed by atoms with van der Waals surface area (Å²) >= 11 is 0. The van der Waals surface area contributed by atoms with E-state index in [1.807, 2.05) is 0 Å². The van der Waals surface area contributed by atoms with Crippen molar-refractivity contribution in [2.75, 3.05) is 5.32 Å². The molecule has 1 saturated carbocycles. The lowest BCUT2D eigenvalue weighted by Gasteiger charge is -2.21. The first-order valence-electron chi connectivity index (χ1n) is 6.78. The van der Waals surface area contributed by atoms with Crippen LogP contribution in [0.3, 0.4) is 0 Å². The van der Waals surface area contributed by atoms with Crippen LogP contribution in [-0.2, 0) is 4.79 Å². The third kappa shape index (κ3) is 4.73. The van der Waals surface area contributed by atoms with Gasteiger partial charge in [0.15, 0.2) is 0 Å². The number of hydrogen-bond donors (Lipinski definition) is 3. The summed E-state index contributed by atoms with van der Waals surface area (Å²) in [4.78, 5) is 22.6. The fraction of sp³-hybridized carbons (Fsp3) is 0.429. The maximum atomic E-state index is 12.9. The molecule has 1 atom stereocenters. The molecule has 5 nitrogen and oxygen atoms in total. The molecule has 0 bridgehead atoms. The van der Waals surface area contributed by atoms with Crippen LogP contribution in [0.15, 0.2) is 24.3 Å². The van der Waals surface area contributed by atoms with E-state index in [1.54, 1.807) is 0 Å². The van der Waals surface area contributed by atoms with E-state index < -0.39 is 30.5 Å². The van der Waals surface area contributed by atoms with Gasteiger partial charge in [-0.1, -0.05) is 0 Å². The fourth-order valence-corrected chi connectivity index (χ4v) is 1.92. The van der Waals surface area contributed by atoms with Crippen LogP contribution in [0.25, 0.3) is 0 Å². The van der Waals surface area contributed by atoms with Crippen LogP contribution in [0.5, 0.6) is 0 Å². The van der Waals surface area contributed by atoms with Crippen molar-refractivity contribution in [3.8, 4) is 0 Å². The minimum absolute atomic E-state index is 0.158. The Bertz CT molecular complexity index is 553. The SMILES string of the molecule is NC(=O)c1ccc(NC(=O)CC(NC2CC2)C(F)(F)F)cc1. The molecular weight excluding hydrogens is 299 g/mol. The molecule has 2 amide bonds. The molecule has 4 N–H and O–H groups in total. The van der Waals surface area contributed by atoms with E-state index in [1.165, 1.54) is 24.3 Å². The zero-order valence-corrected chi connectivity index (χ0v) is 11.6. The van der Waals surface area contributed by atoms with Crippen molar-refractivity contribution in [3.05, 3.63) is 29.8 Å². The molecular formula is C14H16F3N3O2. The first-order valence-corrected chi connectivity index (χ1v) is 6.78. The highest BCUT2D eigenvalue weighted by molar-refractivity contribution is 5.94. The van der Waals surface area contributed by atoms with Crippen molar-refractivity contribution in [2.45, 2.75) is 37.5 Å². The molecule has 1 aromatic rings. The van der Waals surface area contributed by atoms with Gasteiger partial charge in [-0.15, -0.1) is 0 Å². The topological polar surface area (TPSA) is 84.2 Å². The van der Waals surface area contributed by atoms with Gasteiger partial charge in [0.2, 0.25) is 11.8 Å². The summed E-state index contributed by atoms with van der Waals surface area (Å²) in [7, 11) is 0. The standard InChI is InChI=1S/C14H16F3N3O2/c15-14(16,17)11(19-9-5-6-9)7-12(21)20-10-3-1-8(2-4-10)13(18)22/h1-4,9,11,19H,5-7H2,(H2,18,22)(H,20,21). The number of amides is 2. The first kappa shape index (κ1) is 16.3. The number of rotatable bonds is 6. The molecule has 0 spiro atoms. The summed E-state index contributed by atoms with van der Waals surface area (Å²) in [5, 5.41) is 4.80. The predicted molar refractivity (Wildman–Crippen MR) is 74.2 cm³/mol. The summed E-state index contributed by atoms with van der Waals surface area (Å²) in [6.45, 7) is 0. The van der Waals surface area contributed by atoms with Gasteiger partial charge in [-0.05, 0) is 37.1 Å². The van der Waals surface area contributed by atoms with E-state index in [0.29, 0.717) is 18.5 Å². The molecule has 1 aromatic carbocycles. The quantitative estimate of drug-likeness (QED) is 0.748. The van der Waals surface area contributed by atoms with Crippen molar-refractivity contribution >= 4 is 17.5 Å². The minimum atomic E-state index is -4.48. The molecule has 0 radical (unpaired) electrons. The molecule has 1 fully saturated rings. The first-order chi connectivity index (χ1) is 10.3. The van der Waals surface area contributed by atoms with Gasteiger partial charge in [-0.25, -0.2) is 0 Å². The van der Waals surface area contributed by atoms with Gasteiger partial charge in [-0.3, -0.25) is 9.59 Å². The molecule has 2 rings (SSSR count). The number of halogens is 3. The second-order valence-electron chi connectivity index (χ2n) is 5.23. The lowest BCUT2D eigenvalue weighted by Crippen LogP contribution is -2.45. The summed E-state index contributed by atoms with van der Waals surface area (Å²) in [5.41, 5.74) is 5.63. The number of carbonyl (C=O) groups is 2. The van der Waals surface area contributed by atoms with Gasteiger partial charge in [0.05, 0.1) is 6.42 Å². The van der Waals surface area contributed by atoms with Crippen molar-refractivity contribution in [3.63, 3.8) is 0 Å². The maximum Gasteiger partial charge on any atom is 0.404 e. The summed E-state index contributed by atoms with van der Waals surface area (Å²) in [6, 6.07) is 3.59. The number of anilines is 1. The van der Waals surface area contributed by atoms with Gasteiger partial charge >= 0.3 is 6.18 Å². The Labute approximate surface area is 125 Å². The van der Waals surface area contributed by atoms with Crippen LogP contribution in [0, 0.1) is 0 Å². The number of carbonyl (C=O) groups excluding carboxylic acids is 2. The van der Waals surface area contributed by atoms with Gasteiger partial charge in [0.25, 0.3) is 0 Å². The number of hydrogen-bond acceptors (Lipinski definition) is 3. The molecule has 120 valence electrons. The van der Waals surface area contributed by atoms with Crippen LogP contribution >= 0.6 is 0 Å². The van der Waals surface area contributed by atoms with Crippen LogP contribution in [0.4, 0.5) is 18.9 Å². The highest BCUT2D eigenvalue weighted by Gasteiger charge is 2.43. The Morgan fingerprint density at radius 3 is 2.27 bits per heavy atom. The van der Waals surface area contributed by atoms with Crippen LogP contribution in [0.2, 0.25) is 0 Å². The van der Waals surface area contributed by atoms with Crippen LogP contribution in [-0.4, -0.2) is 30.1 Å². The summed E-state index contributed by atoms with van der Waals surface area (Å²) in [5.74, 6) is -1.37. The molecule has 0 heterocycles. The zero-order valence-electron chi connectivity index (χ0n) is 11.6. The van der Waals surface area contributed by atoms with E-state index in [9.17, 15) is 22.8 Å². The minimum Gasteiger partial charge on any atom is -0.366 e.